The van der Waals surface area contributed by atoms with Crippen molar-refractivity contribution in [2.45, 2.75) is 48.7 Å². The number of urea groups is 1. The maximum absolute atomic E-state index is 12.0. The van der Waals surface area contributed by atoms with Crippen LogP contribution >= 0.6 is 23.1 Å². The summed E-state index contributed by atoms with van der Waals surface area (Å²) in [5, 5.41) is 9.73. The van der Waals surface area contributed by atoms with E-state index in [1.807, 2.05) is 48.7 Å². The summed E-state index contributed by atoms with van der Waals surface area (Å²) in [4.78, 5) is 17.5. The van der Waals surface area contributed by atoms with Gasteiger partial charge in [-0.1, -0.05) is 17.8 Å². The third kappa shape index (κ3) is 4.75. The van der Waals surface area contributed by atoms with Crippen molar-refractivity contribution in [1.29, 1.82) is 0 Å². The molecule has 2 N–H and O–H groups in total. The Kier molecular flexibility index (Phi) is 5.61. The van der Waals surface area contributed by atoms with Crippen LogP contribution in [-0.4, -0.2) is 26.9 Å². The monoisotopic (exact) mass is 350 g/mol. The highest BCUT2D eigenvalue weighted by Crippen LogP contribution is 2.32. The van der Waals surface area contributed by atoms with Crippen LogP contribution < -0.4 is 10.6 Å². The van der Waals surface area contributed by atoms with E-state index in [4.69, 9.17) is 0 Å². The van der Waals surface area contributed by atoms with E-state index in [2.05, 4.69) is 20.2 Å². The minimum atomic E-state index is -0.0568. The number of imidazole rings is 1. The molecular formula is C16H22N4OS2. The lowest BCUT2D eigenvalue weighted by atomic mass is 9.95. The molecule has 0 atom stereocenters. The van der Waals surface area contributed by atoms with Crippen LogP contribution in [-0.2, 0) is 13.6 Å². The van der Waals surface area contributed by atoms with Gasteiger partial charge < -0.3 is 15.2 Å². The molecule has 0 unspecified atom stereocenters. The van der Waals surface area contributed by atoms with Crippen LogP contribution in [0, 0.1) is 0 Å². The summed E-state index contributed by atoms with van der Waals surface area (Å²) in [6, 6.07) is 4.26. The zero-order chi connectivity index (χ0) is 16.1. The van der Waals surface area contributed by atoms with Gasteiger partial charge in [0.15, 0.2) is 5.16 Å². The van der Waals surface area contributed by atoms with Gasteiger partial charge in [0.2, 0.25) is 0 Å². The number of amides is 2. The first-order valence-corrected chi connectivity index (χ1v) is 9.67. The second-order valence-electron chi connectivity index (χ2n) is 5.82. The van der Waals surface area contributed by atoms with Crippen molar-refractivity contribution in [3.8, 4) is 0 Å². The summed E-state index contributed by atoms with van der Waals surface area (Å²) in [5.41, 5.74) is 0. The lowest BCUT2D eigenvalue weighted by Crippen LogP contribution is -2.43. The van der Waals surface area contributed by atoms with Crippen molar-refractivity contribution >= 4 is 29.1 Å². The number of thiophene rings is 1. The molecule has 1 fully saturated rings. The Labute approximate surface area is 144 Å². The predicted octanol–water partition coefficient (Wildman–Crippen LogP) is 3.38. The molecule has 2 aromatic rings. The molecule has 1 aliphatic rings. The van der Waals surface area contributed by atoms with Crippen molar-refractivity contribution in [3.63, 3.8) is 0 Å². The van der Waals surface area contributed by atoms with Crippen molar-refractivity contribution < 1.29 is 4.79 Å². The van der Waals surface area contributed by atoms with E-state index >= 15 is 0 Å². The molecule has 0 spiro atoms. The SMILES string of the molecule is Cn1ccnc1SC1CCC(NC(=O)NCc2cccs2)CC1. The average molecular weight is 351 g/mol. The Morgan fingerprint density at radius 2 is 2.26 bits per heavy atom. The zero-order valence-electron chi connectivity index (χ0n) is 13.2. The van der Waals surface area contributed by atoms with Crippen LogP contribution in [0.5, 0.6) is 0 Å². The molecule has 2 heterocycles. The number of aromatic nitrogens is 2. The smallest absolute Gasteiger partial charge is 0.315 e. The fraction of sp³-hybridized carbons (Fsp3) is 0.500. The Bertz CT molecular complexity index is 618. The minimum absolute atomic E-state index is 0.0568. The van der Waals surface area contributed by atoms with Crippen molar-refractivity contribution in [1.82, 2.24) is 20.2 Å². The zero-order valence-corrected chi connectivity index (χ0v) is 14.8. The molecular weight excluding hydrogens is 328 g/mol. The van der Waals surface area contributed by atoms with Gasteiger partial charge in [0.25, 0.3) is 0 Å². The van der Waals surface area contributed by atoms with Gasteiger partial charge in [0, 0.05) is 35.6 Å². The van der Waals surface area contributed by atoms with E-state index in [0.717, 1.165) is 30.8 Å². The largest absolute Gasteiger partial charge is 0.335 e. The first-order chi connectivity index (χ1) is 11.2. The fourth-order valence-corrected chi connectivity index (χ4v) is 4.56. The molecule has 1 aliphatic carbocycles. The van der Waals surface area contributed by atoms with Crippen LogP contribution in [0.15, 0.2) is 35.1 Å². The molecule has 0 saturated heterocycles. The normalized spacial score (nSPS) is 21.1. The average Bonchev–Trinajstić information content (AvgIpc) is 3.20. The summed E-state index contributed by atoms with van der Waals surface area (Å²) in [5.74, 6) is 0. The summed E-state index contributed by atoms with van der Waals surface area (Å²) in [6.45, 7) is 0.605. The van der Waals surface area contributed by atoms with Crippen LogP contribution in [0.4, 0.5) is 4.79 Å². The van der Waals surface area contributed by atoms with Gasteiger partial charge in [-0.3, -0.25) is 0 Å². The second kappa shape index (κ2) is 7.88. The molecule has 0 aromatic carbocycles. The van der Waals surface area contributed by atoms with Crippen LogP contribution in [0.25, 0.3) is 0 Å². The van der Waals surface area contributed by atoms with E-state index in [9.17, 15) is 4.79 Å². The highest BCUT2D eigenvalue weighted by Gasteiger charge is 2.24. The molecule has 2 amide bonds. The molecule has 0 radical (unpaired) electrons. The van der Waals surface area contributed by atoms with Crippen LogP contribution in [0.2, 0.25) is 0 Å². The summed E-state index contributed by atoms with van der Waals surface area (Å²) in [7, 11) is 2.03. The van der Waals surface area contributed by atoms with E-state index < -0.39 is 0 Å². The topological polar surface area (TPSA) is 59.0 Å². The van der Waals surface area contributed by atoms with Gasteiger partial charge in [0.05, 0.1) is 6.54 Å². The fourth-order valence-electron chi connectivity index (χ4n) is 2.76. The highest BCUT2D eigenvalue weighted by molar-refractivity contribution is 7.99. The third-order valence-corrected chi connectivity index (χ3v) is 6.35. The molecule has 0 aliphatic heterocycles. The number of carbonyl (C=O) groups is 1. The van der Waals surface area contributed by atoms with E-state index in [-0.39, 0.29) is 12.1 Å². The van der Waals surface area contributed by atoms with Gasteiger partial charge in [-0.2, -0.15) is 0 Å². The molecule has 23 heavy (non-hydrogen) atoms. The molecule has 3 rings (SSSR count). The standard InChI is InChI=1S/C16H22N4OS2/c1-20-9-8-17-16(20)23-13-6-4-12(5-7-13)19-15(21)18-11-14-3-2-10-22-14/h2-3,8-10,12-13H,4-7,11H2,1H3,(H2,18,19,21). The van der Waals surface area contributed by atoms with E-state index in [0.29, 0.717) is 11.8 Å². The summed E-state index contributed by atoms with van der Waals surface area (Å²) in [6.07, 6.45) is 8.13. The molecule has 1 saturated carbocycles. The Morgan fingerprint density at radius 3 is 2.91 bits per heavy atom. The summed E-state index contributed by atoms with van der Waals surface area (Å²) >= 11 is 3.51. The molecule has 7 heteroatoms. The number of nitrogens with zero attached hydrogens (tertiary/aromatic N) is 2. The van der Waals surface area contributed by atoms with E-state index in [1.54, 1.807) is 11.3 Å². The molecule has 0 bridgehead atoms. The maximum atomic E-state index is 12.0. The Morgan fingerprint density at radius 1 is 1.43 bits per heavy atom. The Hall–Kier alpha value is -1.47. The number of thioether (sulfide) groups is 1. The first-order valence-electron chi connectivity index (χ1n) is 7.91. The lowest BCUT2D eigenvalue weighted by molar-refractivity contribution is 0.232. The van der Waals surface area contributed by atoms with Crippen molar-refractivity contribution in [2.75, 3.05) is 0 Å². The van der Waals surface area contributed by atoms with Gasteiger partial charge in [-0.15, -0.1) is 11.3 Å². The van der Waals surface area contributed by atoms with Crippen molar-refractivity contribution in [3.05, 3.63) is 34.8 Å². The molecule has 124 valence electrons. The van der Waals surface area contributed by atoms with Crippen molar-refractivity contribution in [2.24, 2.45) is 7.05 Å². The number of nitrogens with one attached hydrogen (secondary N) is 2. The Balaban J connectivity index is 1.37. The van der Waals surface area contributed by atoms with Crippen LogP contribution in [0.1, 0.15) is 30.6 Å². The van der Waals surface area contributed by atoms with Gasteiger partial charge in [-0.05, 0) is 37.1 Å². The maximum Gasteiger partial charge on any atom is 0.315 e. The number of rotatable bonds is 5. The number of hydrogen-bond acceptors (Lipinski definition) is 4. The number of carbonyl (C=O) groups excluding carboxylic acids is 1. The third-order valence-electron chi connectivity index (χ3n) is 4.06. The highest BCUT2D eigenvalue weighted by atomic mass is 32.2. The van der Waals surface area contributed by atoms with Gasteiger partial charge in [0.1, 0.15) is 0 Å². The molecule has 5 nitrogen and oxygen atoms in total. The minimum Gasteiger partial charge on any atom is -0.335 e. The first kappa shape index (κ1) is 16.4. The number of aryl methyl sites for hydroxylation is 1. The second-order valence-corrected chi connectivity index (χ2v) is 8.12. The predicted molar refractivity (Wildman–Crippen MR) is 94.8 cm³/mol. The lowest BCUT2D eigenvalue weighted by Gasteiger charge is -2.28. The molecule has 2 aromatic heterocycles. The van der Waals surface area contributed by atoms with Gasteiger partial charge in [-0.25, -0.2) is 9.78 Å². The number of hydrogen-bond donors (Lipinski definition) is 2. The van der Waals surface area contributed by atoms with Crippen LogP contribution in [0.3, 0.4) is 0 Å². The van der Waals surface area contributed by atoms with E-state index in [1.165, 1.54) is 4.88 Å². The summed E-state index contributed by atoms with van der Waals surface area (Å²) < 4.78 is 2.06. The van der Waals surface area contributed by atoms with Gasteiger partial charge >= 0.3 is 6.03 Å². The quantitative estimate of drug-likeness (QED) is 0.869.